The Bertz CT molecular complexity index is 707. The van der Waals surface area contributed by atoms with Crippen LogP contribution in [0.3, 0.4) is 0 Å². The SMILES string of the molecule is N[C@@H](CCC(=O)OC(=O)CCCCCCCCC(=O)O)C(=O)OC(=O)CCCCCCCCC(=O)O. The zero-order valence-electron chi connectivity index (χ0n) is 21.0. The molecule has 0 unspecified atom stereocenters. The summed E-state index contributed by atoms with van der Waals surface area (Å²) >= 11 is 0. The van der Waals surface area contributed by atoms with Crippen LogP contribution in [0, 0.1) is 0 Å². The molecule has 0 saturated heterocycles. The van der Waals surface area contributed by atoms with E-state index in [2.05, 4.69) is 0 Å². The van der Waals surface area contributed by atoms with Gasteiger partial charge in [0.25, 0.3) is 0 Å². The first kappa shape index (κ1) is 33.2. The van der Waals surface area contributed by atoms with Crippen LogP contribution < -0.4 is 5.73 Å². The fraction of sp³-hybridized carbons (Fsp3) is 0.760. The fourth-order valence-corrected chi connectivity index (χ4v) is 3.36. The van der Waals surface area contributed by atoms with Gasteiger partial charge in [-0.05, 0) is 32.1 Å². The minimum absolute atomic E-state index is 0.0620. The Balaban J connectivity index is 3.79. The lowest BCUT2D eigenvalue weighted by molar-refractivity contribution is -0.161. The van der Waals surface area contributed by atoms with Gasteiger partial charge in [-0.1, -0.05) is 51.4 Å². The Hall–Kier alpha value is -2.82. The molecule has 11 nitrogen and oxygen atoms in total. The summed E-state index contributed by atoms with van der Waals surface area (Å²) in [6.07, 6.45) is 9.09. The van der Waals surface area contributed by atoms with Crippen LogP contribution in [0.1, 0.15) is 116 Å². The number of aliphatic carboxylic acids is 2. The maximum absolute atomic E-state index is 11.9. The van der Waals surface area contributed by atoms with E-state index in [1.807, 2.05) is 0 Å². The number of esters is 4. The van der Waals surface area contributed by atoms with Crippen molar-refractivity contribution in [2.75, 3.05) is 0 Å². The van der Waals surface area contributed by atoms with E-state index in [-0.39, 0.29) is 38.5 Å². The van der Waals surface area contributed by atoms with E-state index in [1.165, 1.54) is 0 Å². The maximum Gasteiger partial charge on any atom is 0.330 e. The number of ether oxygens (including phenoxy) is 2. The van der Waals surface area contributed by atoms with E-state index in [9.17, 15) is 28.8 Å². The van der Waals surface area contributed by atoms with Gasteiger partial charge >= 0.3 is 35.8 Å². The van der Waals surface area contributed by atoms with E-state index in [1.54, 1.807) is 0 Å². The summed E-state index contributed by atoms with van der Waals surface area (Å²) in [5.41, 5.74) is 5.66. The molecule has 0 aromatic heterocycles. The van der Waals surface area contributed by atoms with E-state index in [0.29, 0.717) is 25.7 Å². The van der Waals surface area contributed by atoms with Crippen LogP contribution in [0.25, 0.3) is 0 Å². The molecule has 0 aliphatic carbocycles. The van der Waals surface area contributed by atoms with Crippen LogP contribution in [0.15, 0.2) is 0 Å². The second-order valence-corrected chi connectivity index (χ2v) is 8.81. The van der Waals surface area contributed by atoms with Crippen molar-refractivity contribution in [3.05, 3.63) is 0 Å². The predicted octanol–water partition coefficient (Wildman–Crippen LogP) is 3.64. The second kappa shape index (κ2) is 21.5. The van der Waals surface area contributed by atoms with Crippen LogP contribution in [0.5, 0.6) is 0 Å². The van der Waals surface area contributed by atoms with E-state index in [4.69, 9.17) is 25.4 Å². The molecular weight excluding hydrogens is 474 g/mol. The van der Waals surface area contributed by atoms with Crippen LogP contribution in [-0.4, -0.2) is 52.1 Å². The first-order valence-corrected chi connectivity index (χ1v) is 12.8. The number of unbranched alkanes of at least 4 members (excludes halogenated alkanes) is 10. The Morgan fingerprint density at radius 3 is 1.25 bits per heavy atom. The maximum atomic E-state index is 11.9. The quantitative estimate of drug-likeness (QED) is 0.108. The third-order valence-corrected chi connectivity index (χ3v) is 5.45. The van der Waals surface area contributed by atoms with Gasteiger partial charge in [0.1, 0.15) is 6.04 Å². The molecule has 0 fully saturated rings. The third-order valence-electron chi connectivity index (χ3n) is 5.45. The zero-order valence-corrected chi connectivity index (χ0v) is 21.0. The smallest absolute Gasteiger partial charge is 0.330 e. The number of carboxylic acid groups (broad SMARTS) is 2. The number of nitrogens with two attached hydrogens (primary N) is 1. The third kappa shape index (κ3) is 21.7. The lowest BCUT2D eigenvalue weighted by Gasteiger charge is -2.10. The Kier molecular flexibility index (Phi) is 19.8. The zero-order chi connectivity index (χ0) is 27.2. The first-order chi connectivity index (χ1) is 17.1. The largest absolute Gasteiger partial charge is 0.481 e. The minimum atomic E-state index is -1.19. The summed E-state index contributed by atoms with van der Waals surface area (Å²) in [6.45, 7) is 0. The van der Waals surface area contributed by atoms with Gasteiger partial charge in [0.15, 0.2) is 0 Å². The molecule has 4 N–H and O–H groups in total. The van der Waals surface area contributed by atoms with Gasteiger partial charge < -0.3 is 25.4 Å². The molecule has 0 aliphatic rings. The molecule has 0 spiro atoms. The number of hydrogen-bond acceptors (Lipinski definition) is 9. The molecule has 0 rings (SSSR count). The van der Waals surface area contributed by atoms with Crippen molar-refractivity contribution in [3.8, 4) is 0 Å². The molecule has 206 valence electrons. The lowest BCUT2D eigenvalue weighted by Crippen LogP contribution is -2.34. The molecule has 0 bridgehead atoms. The number of hydrogen-bond donors (Lipinski definition) is 3. The second-order valence-electron chi connectivity index (χ2n) is 8.81. The van der Waals surface area contributed by atoms with Crippen molar-refractivity contribution in [3.63, 3.8) is 0 Å². The Morgan fingerprint density at radius 1 is 0.500 bits per heavy atom. The van der Waals surface area contributed by atoms with Crippen LogP contribution in [0.4, 0.5) is 0 Å². The van der Waals surface area contributed by atoms with E-state index >= 15 is 0 Å². The van der Waals surface area contributed by atoms with Crippen molar-refractivity contribution in [1.29, 1.82) is 0 Å². The average molecular weight is 516 g/mol. The molecule has 11 heteroatoms. The van der Waals surface area contributed by atoms with Gasteiger partial charge in [-0.3, -0.25) is 24.0 Å². The highest BCUT2D eigenvalue weighted by molar-refractivity contribution is 5.89. The van der Waals surface area contributed by atoms with E-state index < -0.39 is 41.9 Å². The van der Waals surface area contributed by atoms with Crippen molar-refractivity contribution >= 4 is 35.8 Å². The van der Waals surface area contributed by atoms with Gasteiger partial charge in [0, 0.05) is 32.1 Å². The van der Waals surface area contributed by atoms with Gasteiger partial charge in [-0.15, -0.1) is 0 Å². The number of rotatable bonds is 22. The average Bonchev–Trinajstić information content (AvgIpc) is 2.80. The summed E-state index contributed by atoms with van der Waals surface area (Å²) in [5.74, 6) is -4.69. The van der Waals surface area contributed by atoms with Gasteiger partial charge in [0.05, 0.1) is 0 Å². The van der Waals surface area contributed by atoms with Gasteiger partial charge in [0.2, 0.25) is 0 Å². The molecule has 0 aliphatic heterocycles. The highest BCUT2D eigenvalue weighted by atomic mass is 16.6. The normalized spacial score (nSPS) is 11.5. The molecule has 0 amide bonds. The number of carbonyl (C=O) groups is 6. The van der Waals surface area contributed by atoms with Crippen molar-refractivity contribution in [1.82, 2.24) is 0 Å². The lowest BCUT2D eigenvalue weighted by atomic mass is 10.1. The summed E-state index contributed by atoms with van der Waals surface area (Å²) in [4.78, 5) is 68.0. The molecule has 0 aromatic carbocycles. The standard InChI is InChI=1S/C25H41NO10/c26-19(25(34)36-23(32)16-12-8-4-2-6-10-14-21(29)30)17-18-24(33)35-22(31)15-11-7-3-1-5-9-13-20(27)28/h19H,1-18,26H2,(H,27,28)(H,29,30)/t19-/m0/s1. The summed E-state index contributed by atoms with van der Waals surface area (Å²) in [7, 11) is 0. The molecule has 0 saturated carbocycles. The van der Waals surface area contributed by atoms with Crippen LogP contribution >= 0.6 is 0 Å². The molecule has 1 atom stereocenters. The molecule has 0 aromatic rings. The highest BCUT2D eigenvalue weighted by Crippen LogP contribution is 2.11. The molecule has 36 heavy (non-hydrogen) atoms. The Morgan fingerprint density at radius 2 is 0.833 bits per heavy atom. The molecule has 0 radical (unpaired) electrons. The highest BCUT2D eigenvalue weighted by Gasteiger charge is 2.21. The minimum Gasteiger partial charge on any atom is -0.481 e. The molecule has 0 heterocycles. The number of carboxylic acids is 2. The van der Waals surface area contributed by atoms with Crippen molar-refractivity contribution in [2.45, 2.75) is 122 Å². The molecular formula is C25H41NO10. The van der Waals surface area contributed by atoms with Crippen LogP contribution in [0.2, 0.25) is 0 Å². The van der Waals surface area contributed by atoms with Crippen molar-refractivity contribution in [2.24, 2.45) is 5.73 Å². The first-order valence-electron chi connectivity index (χ1n) is 12.8. The van der Waals surface area contributed by atoms with Gasteiger partial charge in [-0.25, -0.2) is 4.79 Å². The fourth-order valence-electron chi connectivity index (χ4n) is 3.36. The summed E-state index contributed by atoms with van der Waals surface area (Å²) < 4.78 is 9.39. The Labute approximate surface area is 212 Å². The summed E-state index contributed by atoms with van der Waals surface area (Å²) in [5, 5.41) is 17.1. The predicted molar refractivity (Wildman–Crippen MR) is 129 cm³/mol. The van der Waals surface area contributed by atoms with Crippen LogP contribution in [-0.2, 0) is 38.2 Å². The number of carbonyl (C=O) groups excluding carboxylic acids is 4. The van der Waals surface area contributed by atoms with Crippen molar-refractivity contribution < 1.29 is 48.5 Å². The monoisotopic (exact) mass is 515 g/mol. The van der Waals surface area contributed by atoms with Gasteiger partial charge in [-0.2, -0.15) is 0 Å². The summed E-state index contributed by atoms with van der Waals surface area (Å²) in [6, 6.07) is -1.19. The topological polar surface area (TPSA) is 187 Å². The van der Waals surface area contributed by atoms with E-state index in [0.717, 1.165) is 51.4 Å².